The Bertz CT molecular complexity index is 273. The van der Waals surface area contributed by atoms with Crippen molar-refractivity contribution in [2.45, 2.75) is 13.0 Å². The van der Waals surface area contributed by atoms with Gasteiger partial charge in [-0.3, -0.25) is 0 Å². The Balaban J connectivity index is 1.90. The summed E-state index contributed by atoms with van der Waals surface area (Å²) in [4.78, 5) is 0. The van der Waals surface area contributed by atoms with Crippen LogP contribution in [0.4, 0.5) is 0 Å². The predicted octanol–water partition coefficient (Wildman–Crippen LogP) is 0.735. The molecule has 1 nitrogen and oxygen atoms in total. The molecule has 0 spiro atoms. The highest BCUT2D eigenvalue weighted by Crippen LogP contribution is 2.99. The summed E-state index contributed by atoms with van der Waals surface area (Å²) in [5.74, 6) is 6.65. The van der Waals surface area contributed by atoms with E-state index in [0.29, 0.717) is 0 Å². The lowest BCUT2D eigenvalue weighted by Gasteiger charge is -2.12. The molecule has 58 valence electrons. The number of rotatable bonds is 0. The highest BCUT2D eigenvalue weighted by atomic mass is 16.3. The van der Waals surface area contributed by atoms with Gasteiger partial charge in [-0.25, -0.2) is 0 Å². The van der Waals surface area contributed by atoms with Gasteiger partial charge in [0.25, 0.3) is 0 Å². The first-order valence-electron chi connectivity index (χ1n) is 4.96. The van der Waals surface area contributed by atoms with Crippen molar-refractivity contribution in [2.24, 2.45) is 46.8 Å². The molecule has 6 rings (SSSR count). The third kappa shape index (κ3) is 0.217. The lowest BCUT2D eigenvalue weighted by atomic mass is 9.99. The van der Waals surface area contributed by atoms with Gasteiger partial charge in [-0.1, -0.05) is 6.92 Å². The summed E-state index contributed by atoms with van der Waals surface area (Å²) in [7, 11) is 0. The monoisotopic (exact) mass is 148 g/mol. The van der Waals surface area contributed by atoms with Gasteiger partial charge in [0.05, 0.1) is 6.10 Å². The average molecular weight is 148 g/mol. The van der Waals surface area contributed by atoms with E-state index in [9.17, 15) is 5.11 Å². The molecule has 0 heterocycles. The first kappa shape index (κ1) is 4.86. The Hall–Kier alpha value is -0.0400. The van der Waals surface area contributed by atoms with Crippen molar-refractivity contribution in [1.82, 2.24) is 0 Å². The molecule has 3 unspecified atom stereocenters. The van der Waals surface area contributed by atoms with E-state index in [4.69, 9.17) is 0 Å². The highest BCUT2D eigenvalue weighted by molar-refractivity contribution is 5.44. The van der Waals surface area contributed by atoms with E-state index in [1.807, 2.05) is 0 Å². The molecule has 0 aromatic rings. The maximum Gasteiger partial charge on any atom is 0.0608 e. The first-order valence-corrected chi connectivity index (χ1v) is 4.96. The summed E-state index contributed by atoms with van der Waals surface area (Å²) in [5, 5.41) is 9.86. The van der Waals surface area contributed by atoms with Gasteiger partial charge < -0.3 is 5.11 Å². The maximum absolute atomic E-state index is 9.86. The van der Waals surface area contributed by atoms with Crippen LogP contribution in [0.25, 0.3) is 0 Å². The van der Waals surface area contributed by atoms with Crippen LogP contribution >= 0.6 is 0 Å². The molecule has 6 saturated carbocycles. The minimum atomic E-state index is 0.145. The van der Waals surface area contributed by atoms with Crippen molar-refractivity contribution >= 4 is 0 Å². The van der Waals surface area contributed by atoms with Crippen LogP contribution in [0.3, 0.4) is 0 Å². The van der Waals surface area contributed by atoms with Gasteiger partial charge in [-0.15, -0.1) is 0 Å². The smallest absolute Gasteiger partial charge is 0.0608 e. The Morgan fingerprint density at radius 1 is 0.909 bits per heavy atom. The number of hydrogen-bond donors (Lipinski definition) is 1. The van der Waals surface area contributed by atoms with Crippen LogP contribution in [-0.2, 0) is 0 Å². The lowest BCUT2D eigenvalue weighted by molar-refractivity contribution is 0.0978. The Morgan fingerprint density at radius 3 is 1.73 bits per heavy atom. The van der Waals surface area contributed by atoms with Gasteiger partial charge in [0.15, 0.2) is 0 Å². The summed E-state index contributed by atoms with van der Waals surface area (Å²) in [6.07, 6.45) is 0.145. The summed E-state index contributed by atoms with van der Waals surface area (Å²) in [6, 6.07) is 0. The zero-order valence-corrected chi connectivity index (χ0v) is 6.57. The van der Waals surface area contributed by atoms with Crippen molar-refractivity contribution in [2.75, 3.05) is 0 Å². The largest absolute Gasteiger partial charge is 0.393 e. The van der Waals surface area contributed by atoms with Crippen LogP contribution in [0, 0.1) is 46.8 Å². The van der Waals surface area contributed by atoms with E-state index < -0.39 is 0 Å². The predicted molar refractivity (Wildman–Crippen MR) is 38.5 cm³/mol. The van der Waals surface area contributed by atoms with E-state index >= 15 is 0 Å². The number of hydrogen-bond acceptors (Lipinski definition) is 1. The number of aliphatic hydroxyl groups is 1. The lowest BCUT2D eigenvalue weighted by Crippen LogP contribution is -2.18. The summed E-state index contributed by atoms with van der Waals surface area (Å²) in [6.45, 7) is 2.49. The molecule has 1 N–H and O–H groups in total. The SMILES string of the molecule is CC12C3[C@@H]4[C@H]3[C@H]3C(O)[C@H]4[C@H]1[C@@H]32. The fourth-order valence-electron chi connectivity index (χ4n) is 6.15. The molecule has 1 heteroatoms. The average Bonchev–Trinajstić information content (AvgIpc) is 2.73. The van der Waals surface area contributed by atoms with Gasteiger partial charge in [0.2, 0.25) is 0 Å². The van der Waals surface area contributed by atoms with Crippen molar-refractivity contribution in [3.63, 3.8) is 0 Å². The van der Waals surface area contributed by atoms with Gasteiger partial charge in [0, 0.05) is 0 Å². The van der Waals surface area contributed by atoms with Crippen molar-refractivity contribution in [3.05, 3.63) is 0 Å². The van der Waals surface area contributed by atoms with E-state index in [-0.39, 0.29) is 6.10 Å². The molecule has 0 radical (unpaired) electrons. The minimum Gasteiger partial charge on any atom is -0.393 e. The van der Waals surface area contributed by atoms with Crippen molar-refractivity contribution < 1.29 is 5.11 Å². The molecule has 0 amide bonds. The molecule has 6 aliphatic carbocycles. The zero-order chi connectivity index (χ0) is 7.12. The molecule has 6 aliphatic rings. The van der Waals surface area contributed by atoms with Crippen LogP contribution in [0.5, 0.6) is 0 Å². The number of aliphatic hydroxyl groups excluding tert-OH is 1. The van der Waals surface area contributed by atoms with E-state index in [1.165, 1.54) is 0 Å². The Morgan fingerprint density at radius 2 is 1.45 bits per heavy atom. The molecule has 2 bridgehead atoms. The van der Waals surface area contributed by atoms with E-state index in [0.717, 1.165) is 46.8 Å². The third-order valence-electron chi connectivity index (χ3n) is 6.07. The van der Waals surface area contributed by atoms with Gasteiger partial charge in [0.1, 0.15) is 0 Å². The van der Waals surface area contributed by atoms with Crippen molar-refractivity contribution in [3.8, 4) is 0 Å². The molecule has 9 atom stereocenters. The molecular formula is C10H12O. The third-order valence-corrected chi connectivity index (χ3v) is 6.07. The summed E-state index contributed by atoms with van der Waals surface area (Å²) < 4.78 is 0. The molecule has 11 heavy (non-hydrogen) atoms. The molecule has 0 aromatic heterocycles. The second-order valence-corrected chi connectivity index (χ2v) is 5.74. The molecule has 6 fully saturated rings. The summed E-state index contributed by atoms with van der Waals surface area (Å²) in [5.41, 5.74) is 0.768. The van der Waals surface area contributed by atoms with Gasteiger partial charge >= 0.3 is 0 Å². The maximum atomic E-state index is 9.86. The van der Waals surface area contributed by atoms with Crippen molar-refractivity contribution in [1.29, 1.82) is 0 Å². The van der Waals surface area contributed by atoms with Gasteiger partial charge in [-0.05, 0) is 46.8 Å². The fourth-order valence-corrected chi connectivity index (χ4v) is 6.15. The first-order chi connectivity index (χ1) is 5.28. The van der Waals surface area contributed by atoms with Crippen LogP contribution in [0.2, 0.25) is 0 Å². The van der Waals surface area contributed by atoms with Crippen LogP contribution in [0.1, 0.15) is 6.92 Å². The van der Waals surface area contributed by atoms with E-state index in [1.54, 1.807) is 0 Å². The van der Waals surface area contributed by atoms with Gasteiger partial charge in [-0.2, -0.15) is 0 Å². The fraction of sp³-hybridized carbons (Fsp3) is 1.00. The van der Waals surface area contributed by atoms with E-state index in [2.05, 4.69) is 6.92 Å². The second kappa shape index (κ2) is 0.891. The quantitative estimate of drug-likeness (QED) is 0.537. The van der Waals surface area contributed by atoms with Crippen LogP contribution in [0.15, 0.2) is 0 Å². The Labute approximate surface area is 65.8 Å². The minimum absolute atomic E-state index is 0.145. The standard InChI is InChI=1S/C10H12O/c1-10-6-2-3(6)5-8(10)7(10)4(2)9(5)11/h2-9,11H,1H3/t2-,3+,4-,5-,6?,7+,8-,9?,10?/m1/s1. The molecule has 0 saturated heterocycles. The second-order valence-electron chi connectivity index (χ2n) is 5.74. The zero-order valence-electron chi connectivity index (χ0n) is 6.57. The normalized spacial score (nSPS) is 96.5. The highest BCUT2D eigenvalue weighted by Gasteiger charge is 2.98. The summed E-state index contributed by atoms with van der Waals surface area (Å²) >= 11 is 0. The molecule has 0 aromatic carbocycles. The molecular weight excluding hydrogens is 136 g/mol. The topological polar surface area (TPSA) is 20.2 Å². The van der Waals surface area contributed by atoms with Crippen LogP contribution < -0.4 is 0 Å². The molecule has 0 aliphatic heterocycles. The van der Waals surface area contributed by atoms with Crippen LogP contribution in [-0.4, -0.2) is 11.2 Å². The Kier molecular flexibility index (Phi) is 0.393.